The van der Waals surface area contributed by atoms with Gasteiger partial charge in [0.1, 0.15) is 5.75 Å². The van der Waals surface area contributed by atoms with Crippen LogP contribution in [0.1, 0.15) is 11.5 Å². The molecule has 0 aliphatic heterocycles. The number of benzene rings is 2. The Balaban J connectivity index is 1.65. The van der Waals surface area contributed by atoms with Crippen molar-refractivity contribution in [1.29, 1.82) is 0 Å². The van der Waals surface area contributed by atoms with E-state index in [0.717, 1.165) is 16.4 Å². The normalized spacial score (nSPS) is 12.3. The Bertz CT molecular complexity index is 1080. The summed E-state index contributed by atoms with van der Waals surface area (Å²) < 4.78 is 73.5. The van der Waals surface area contributed by atoms with Gasteiger partial charge >= 0.3 is 6.18 Å². The standard InChI is InChI=1S/C18H16F3N3O4S/c1-24(2)29(25,26)15-9-7-14(8-10-15)27-11-16-22-17(23-28-16)12-3-5-13(6-4-12)18(19,20)21/h3-10H,11H2,1-2H3. The smallest absolute Gasteiger partial charge is 0.416 e. The Morgan fingerprint density at radius 3 is 2.21 bits per heavy atom. The zero-order chi connectivity index (χ0) is 21.2. The van der Waals surface area contributed by atoms with E-state index in [2.05, 4.69) is 10.1 Å². The van der Waals surface area contributed by atoms with Crippen LogP contribution in [0.5, 0.6) is 5.75 Å². The van der Waals surface area contributed by atoms with Gasteiger partial charge in [-0.15, -0.1) is 0 Å². The van der Waals surface area contributed by atoms with E-state index < -0.39 is 21.8 Å². The third-order valence-corrected chi connectivity index (χ3v) is 5.73. The Kier molecular flexibility index (Phi) is 5.62. The highest BCUT2D eigenvalue weighted by molar-refractivity contribution is 7.89. The molecule has 0 atom stereocenters. The van der Waals surface area contributed by atoms with E-state index in [4.69, 9.17) is 9.26 Å². The number of hydrogen-bond acceptors (Lipinski definition) is 6. The second-order valence-electron chi connectivity index (χ2n) is 6.13. The highest BCUT2D eigenvalue weighted by Crippen LogP contribution is 2.30. The molecule has 1 heterocycles. The molecule has 0 bridgehead atoms. The van der Waals surface area contributed by atoms with Gasteiger partial charge in [-0.1, -0.05) is 17.3 Å². The third-order valence-electron chi connectivity index (χ3n) is 3.90. The molecule has 154 valence electrons. The van der Waals surface area contributed by atoms with Crippen LogP contribution in [0.2, 0.25) is 0 Å². The molecule has 0 fully saturated rings. The summed E-state index contributed by atoms with van der Waals surface area (Å²) in [6.07, 6.45) is -4.42. The van der Waals surface area contributed by atoms with Gasteiger partial charge < -0.3 is 9.26 Å². The Morgan fingerprint density at radius 1 is 1.03 bits per heavy atom. The largest absolute Gasteiger partial charge is 0.484 e. The zero-order valence-electron chi connectivity index (χ0n) is 15.3. The molecule has 2 aromatic carbocycles. The topological polar surface area (TPSA) is 85.5 Å². The van der Waals surface area contributed by atoms with Crippen molar-refractivity contribution in [3.8, 4) is 17.1 Å². The summed E-state index contributed by atoms with van der Waals surface area (Å²) in [6, 6.07) is 10.2. The second kappa shape index (κ2) is 7.84. The number of alkyl halides is 3. The van der Waals surface area contributed by atoms with Gasteiger partial charge in [-0.2, -0.15) is 18.2 Å². The number of sulfonamides is 1. The number of ether oxygens (including phenoxy) is 1. The fraction of sp³-hybridized carbons (Fsp3) is 0.222. The molecule has 0 saturated heterocycles. The van der Waals surface area contributed by atoms with Crippen molar-refractivity contribution in [2.45, 2.75) is 17.7 Å². The third kappa shape index (κ3) is 4.74. The second-order valence-corrected chi connectivity index (χ2v) is 8.29. The first kappa shape index (κ1) is 20.8. The maximum atomic E-state index is 12.6. The minimum atomic E-state index is -4.42. The predicted molar refractivity (Wildman–Crippen MR) is 96.4 cm³/mol. The predicted octanol–water partition coefficient (Wildman–Crippen LogP) is 3.58. The van der Waals surface area contributed by atoms with Gasteiger partial charge in [0.25, 0.3) is 5.89 Å². The molecule has 3 rings (SSSR count). The summed E-state index contributed by atoms with van der Waals surface area (Å²) in [7, 11) is -0.666. The molecule has 0 radical (unpaired) electrons. The molecule has 0 spiro atoms. The van der Waals surface area contributed by atoms with Gasteiger partial charge in [0.05, 0.1) is 10.5 Å². The molecule has 1 aromatic heterocycles. The molecule has 0 N–H and O–H groups in total. The minimum Gasteiger partial charge on any atom is -0.484 e. The number of hydrogen-bond donors (Lipinski definition) is 0. The molecule has 11 heteroatoms. The average molecular weight is 427 g/mol. The van der Waals surface area contributed by atoms with E-state index >= 15 is 0 Å². The van der Waals surface area contributed by atoms with Crippen LogP contribution in [-0.2, 0) is 22.8 Å². The minimum absolute atomic E-state index is 0.0899. The van der Waals surface area contributed by atoms with Gasteiger partial charge in [0.2, 0.25) is 15.8 Å². The quantitative estimate of drug-likeness (QED) is 0.598. The highest BCUT2D eigenvalue weighted by atomic mass is 32.2. The van der Waals surface area contributed by atoms with Crippen LogP contribution in [0, 0.1) is 0 Å². The first-order chi connectivity index (χ1) is 13.6. The first-order valence-electron chi connectivity index (χ1n) is 8.23. The lowest BCUT2D eigenvalue weighted by molar-refractivity contribution is -0.137. The lowest BCUT2D eigenvalue weighted by atomic mass is 10.1. The van der Waals surface area contributed by atoms with Crippen molar-refractivity contribution in [1.82, 2.24) is 14.4 Å². The lowest BCUT2D eigenvalue weighted by Gasteiger charge is -2.11. The number of halogens is 3. The van der Waals surface area contributed by atoms with E-state index in [0.29, 0.717) is 11.3 Å². The number of nitrogens with zero attached hydrogens (tertiary/aromatic N) is 3. The summed E-state index contributed by atoms with van der Waals surface area (Å²) in [5.74, 6) is 0.631. The van der Waals surface area contributed by atoms with E-state index in [9.17, 15) is 21.6 Å². The molecule has 7 nitrogen and oxygen atoms in total. The van der Waals surface area contributed by atoms with Crippen molar-refractivity contribution in [3.05, 3.63) is 60.0 Å². The molecular weight excluding hydrogens is 411 g/mol. The van der Waals surface area contributed by atoms with Crippen LogP contribution in [0.25, 0.3) is 11.4 Å². The van der Waals surface area contributed by atoms with Crippen LogP contribution in [0.4, 0.5) is 13.2 Å². The number of aromatic nitrogens is 2. The molecule has 0 amide bonds. The van der Waals surface area contributed by atoms with Gasteiger partial charge in [-0.05, 0) is 36.4 Å². The van der Waals surface area contributed by atoms with E-state index in [1.165, 1.54) is 50.5 Å². The summed E-state index contributed by atoms with van der Waals surface area (Å²) in [5.41, 5.74) is -0.403. The van der Waals surface area contributed by atoms with Crippen molar-refractivity contribution in [2.75, 3.05) is 14.1 Å². The molecule has 0 saturated carbocycles. The average Bonchev–Trinajstić information content (AvgIpc) is 3.15. The fourth-order valence-corrected chi connectivity index (χ4v) is 3.20. The van der Waals surface area contributed by atoms with Crippen molar-refractivity contribution >= 4 is 10.0 Å². The van der Waals surface area contributed by atoms with Crippen LogP contribution in [-0.4, -0.2) is 37.0 Å². The van der Waals surface area contributed by atoms with Crippen molar-refractivity contribution < 1.29 is 30.8 Å². The van der Waals surface area contributed by atoms with Crippen molar-refractivity contribution in [2.24, 2.45) is 0 Å². The monoisotopic (exact) mass is 427 g/mol. The van der Waals surface area contributed by atoms with Gasteiger partial charge in [0, 0.05) is 19.7 Å². The Labute approximate surface area is 164 Å². The molecule has 0 aliphatic rings. The Morgan fingerprint density at radius 2 is 1.66 bits per heavy atom. The van der Waals surface area contributed by atoms with Crippen LogP contribution in [0.15, 0.2) is 57.9 Å². The van der Waals surface area contributed by atoms with Crippen LogP contribution < -0.4 is 4.74 Å². The lowest BCUT2D eigenvalue weighted by Crippen LogP contribution is -2.22. The van der Waals surface area contributed by atoms with Crippen LogP contribution in [0.3, 0.4) is 0 Å². The maximum Gasteiger partial charge on any atom is 0.416 e. The Hall–Kier alpha value is -2.92. The summed E-state index contributed by atoms with van der Waals surface area (Å²) >= 11 is 0. The van der Waals surface area contributed by atoms with Gasteiger partial charge in [-0.25, -0.2) is 12.7 Å². The molecule has 0 aliphatic carbocycles. The fourth-order valence-electron chi connectivity index (χ4n) is 2.30. The summed E-state index contributed by atoms with van der Waals surface area (Å²) in [6.45, 7) is -0.0899. The maximum absolute atomic E-state index is 12.6. The zero-order valence-corrected chi connectivity index (χ0v) is 16.2. The summed E-state index contributed by atoms with van der Waals surface area (Å²) in [5, 5.41) is 3.72. The van der Waals surface area contributed by atoms with E-state index in [1.807, 2.05) is 0 Å². The van der Waals surface area contributed by atoms with Gasteiger partial charge in [-0.3, -0.25) is 0 Å². The SMILES string of the molecule is CN(C)S(=O)(=O)c1ccc(OCc2nc(-c3ccc(C(F)(F)F)cc3)no2)cc1. The first-order valence-corrected chi connectivity index (χ1v) is 9.67. The highest BCUT2D eigenvalue weighted by Gasteiger charge is 2.30. The molecule has 3 aromatic rings. The summed E-state index contributed by atoms with van der Waals surface area (Å²) in [4.78, 5) is 4.20. The van der Waals surface area contributed by atoms with Crippen molar-refractivity contribution in [3.63, 3.8) is 0 Å². The van der Waals surface area contributed by atoms with E-state index in [-0.39, 0.29) is 23.2 Å². The molecule has 29 heavy (non-hydrogen) atoms. The molecule has 0 unspecified atom stereocenters. The number of rotatable bonds is 6. The van der Waals surface area contributed by atoms with Crippen LogP contribution >= 0.6 is 0 Å². The van der Waals surface area contributed by atoms with E-state index in [1.54, 1.807) is 0 Å². The van der Waals surface area contributed by atoms with Gasteiger partial charge in [0.15, 0.2) is 6.61 Å². The molecular formula is C18H16F3N3O4S.